The van der Waals surface area contributed by atoms with E-state index in [0.29, 0.717) is 23.0 Å². The molecule has 0 spiro atoms. The minimum Gasteiger partial charge on any atom is -0.459 e. The second-order valence-corrected chi connectivity index (χ2v) is 6.61. The van der Waals surface area contributed by atoms with E-state index in [-0.39, 0.29) is 5.91 Å². The summed E-state index contributed by atoms with van der Waals surface area (Å²) >= 11 is 9.15. The number of rotatable bonds is 4. The highest BCUT2D eigenvalue weighted by atomic mass is 79.9. The van der Waals surface area contributed by atoms with Gasteiger partial charge in [0.1, 0.15) is 16.7 Å². The van der Waals surface area contributed by atoms with Crippen molar-refractivity contribution in [1.82, 2.24) is 9.88 Å². The number of halogens is 2. The van der Waals surface area contributed by atoms with Crippen LogP contribution >= 0.6 is 27.5 Å². The molecule has 2 heterocycles. The maximum atomic E-state index is 12.4. The number of amides is 1. The van der Waals surface area contributed by atoms with Gasteiger partial charge in [-0.1, -0.05) is 39.7 Å². The molecule has 0 N–H and O–H groups in total. The molecule has 0 unspecified atom stereocenters. The molecule has 0 saturated heterocycles. The molecule has 0 fully saturated rings. The van der Waals surface area contributed by atoms with E-state index in [0.717, 1.165) is 15.8 Å². The van der Waals surface area contributed by atoms with Crippen LogP contribution in [-0.4, -0.2) is 22.8 Å². The van der Waals surface area contributed by atoms with Crippen molar-refractivity contribution in [3.8, 4) is 11.3 Å². The molecule has 0 aliphatic carbocycles. The summed E-state index contributed by atoms with van der Waals surface area (Å²) < 4.78 is 6.85. The summed E-state index contributed by atoms with van der Waals surface area (Å²) in [7, 11) is 1.72. The van der Waals surface area contributed by atoms with Crippen LogP contribution in [-0.2, 0) is 6.54 Å². The highest BCUT2D eigenvalue weighted by molar-refractivity contribution is 9.10. The topological polar surface area (TPSA) is 46.3 Å². The molecular weight excluding hydrogens is 392 g/mol. The van der Waals surface area contributed by atoms with E-state index in [1.165, 1.54) is 6.20 Å². The fourth-order valence-electron chi connectivity index (χ4n) is 2.26. The van der Waals surface area contributed by atoms with Crippen LogP contribution in [0.15, 0.2) is 63.6 Å². The van der Waals surface area contributed by atoms with Crippen molar-refractivity contribution >= 4 is 33.4 Å². The Bertz CT molecular complexity index is 844. The zero-order chi connectivity index (χ0) is 17.1. The van der Waals surface area contributed by atoms with Crippen LogP contribution in [0, 0.1) is 0 Å². The summed E-state index contributed by atoms with van der Waals surface area (Å²) in [5, 5.41) is 0.361. The largest absolute Gasteiger partial charge is 0.459 e. The smallest absolute Gasteiger partial charge is 0.255 e. The first-order valence-corrected chi connectivity index (χ1v) is 8.42. The number of pyridine rings is 1. The molecule has 0 bridgehead atoms. The predicted molar refractivity (Wildman–Crippen MR) is 96.9 cm³/mol. The Morgan fingerprint density at radius 1 is 1.17 bits per heavy atom. The lowest BCUT2D eigenvalue weighted by atomic mass is 10.2. The average Bonchev–Trinajstić information content (AvgIpc) is 3.04. The highest BCUT2D eigenvalue weighted by Crippen LogP contribution is 2.24. The van der Waals surface area contributed by atoms with Crippen LogP contribution in [0.25, 0.3) is 11.3 Å². The molecule has 4 nitrogen and oxygen atoms in total. The molecule has 0 aliphatic rings. The lowest BCUT2D eigenvalue weighted by Gasteiger charge is -2.15. The van der Waals surface area contributed by atoms with Crippen molar-refractivity contribution in [3.63, 3.8) is 0 Å². The van der Waals surface area contributed by atoms with Crippen molar-refractivity contribution in [2.75, 3.05) is 7.05 Å². The molecule has 1 aromatic carbocycles. The Hall–Kier alpha value is -2.11. The number of hydrogen-bond acceptors (Lipinski definition) is 3. The van der Waals surface area contributed by atoms with Gasteiger partial charge in [0.2, 0.25) is 0 Å². The summed E-state index contributed by atoms with van der Waals surface area (Å²) in [5.74, 6) is 1.35. The van der Waals surface area contributed by atoms with Gasteiger partial charge in [0.25, 0.3) is 5.91 Å². The lowest BCUT2D eigenvalue weighted by Crippen LogP contribution is -2.26. The standard InChI is InChI=1S/C18H14BrClN2O2/c1-22(18(23)13-4-9-17(20)21-10-13)11-15-7-8-16(24-15)12-2-5-14(19)6-3-12/h2-10H,11H2,1H3. The van der Waals surface area contributed by atoms with Crippen molar-refractivity contribution in [2.24, 2.45) is 0 Å². The Labute approximate surface area is 153 Å². The quantitative estimate of drug-likeness (QED) is 0.572. The molecule has 3 rings (SSSR count). The number of carbonyl (C=O) groups excluding carboxylic acids is 1. The second kappa shape index (κ2) is 7.20. The molecule has 0 radical (unpaired) electrons. The van der Waals surface area contributed by atoms with Gasteiger partial charge in [-0.15, -0.1) is 0 Å². The molecule has 6 heteroatoms. The normalized spacial score (nSPS) is 10.6. The summed E-state index contributed by atoms with van der Waals surface area (Å²) in [6, 6.07) is 14.9. The zero-order valence-electron chi connectivity index (χ0n) is 12.9. The summed E-state index contributed by atoms with van der Waals surface area (Å²) in [4.78, 5) is 17.9. The van der Waals surface area contributed by atoms with Gasteiger partial charge in [-0.3, -0.25) is 4.79 Å². The first-order chi connectivity index (χ1) is 11.5. The van der Waals surface area contributed by atoms with Gasteiger partial charge in [-0.25, -0.2) is 4.98 Å². The van der Waals surface area contributed by atoms with Crippen molar-refractivity contribution in [1.29, 1.82) is 0 Å². The van der Waals surface area contributed by atoms with Crippen LogP contribution in [0.2, 0.25) is 5.15 Å². The van der Waals surface area contributed by atoms with Gasteiger partial charge in [0.15, 0.2) is 0 Å². The van der Waals surface area contributed by atoms with E-state index in [9.17, 15) is 4.79 Å². The van der Waals surface area contributed by atoms with E-state index >= 15 is 0 Å². The van der Waals surface area contributed by atoms with Gasteiger partial charge in [0, 0.05) is 23.3 Å². The fraction of sp³-hybridized carbons (Fsp3) is 0.111. The third kappa shape index (κ3) is 3.86. The molecule has 3 aromatic rings. The highest BCUT2D eigenvalue weighted by Gasteiger charge is 2.14. The Balaban J connectivity index is 1.70. The maximum Gasteiger partial charge on any atom is 0.255 e. The van der Waals surface area contributed by atoms with E-state index in [4.69, 9.17) is 16.0 Å². The summed E-state index contributed by atoms with van der Waals surface area (Å²) in [6.07, 6.45) is 1.47. The molecule has 0 atom stereocenters. The van der Waals surface area contributed by atoms with E-state index in [1.807, 2.05) is 36.4 Å². The van der Waals surface area contributed by atoms with E-state index < -0.39 is 0 Å². The van der Waals surface area contributed by atoms with E-state index in [1.54, 1.807) is 24.1 Å². The number of hydrogen-bond donors (Lipinski definition) is 0. The first-order valence-electron chi connectivity index (χ1n) is 7.24. The number of furan rings is 1. The summed E-state index contributed by atoms with van der Waals surface area (Å²) in [6.45, 7) is 0.373. The number of aromatic nitrogens is 1. The van der Waals surface area contributed by atoms with Crippen molar-refractivity contribution in [3.05, 3.63) is 75.7 Å². The number of nitrogens with zero attached hydrogens (tertiary/aromatic N) is 2. The predicted octanol–water partition coefficient (Wildman–Crippen LogP) is 5.03. The Kier molecular flexibility index (Phi) is 5.02. The second-order valence-electron chi connectivity index (χ2n) is 5.30. The van der Waals surface area contributed by atoms with Gasteiger partial charge in [0.05, 0.1) is 12.1 Å². The molecule has 0 aliphatic heterocycles. The van der Waals surface area contributed by atoms with Crippen molar-refractivity contribution < 1.29 is 9.21 Å². The maximum absolute atomic E-state index is 12.4. The van der Waals surface area contributed by atoms with Crippen LogP contribution in [0.5, 0.6) is 0 Å². The Morgan fingerprint density at radius 3 is 2.58 bits per heavy atom. The number of carbonyl (C=O) groups is 1. The molecule has 24 heavy (non-hydrogen) atoms. The van der Waals surface area contributed by atoms with E-state index in [2.05, 4.69) is 20.9 Å². The Morgan fingerprint density at radius 2 is 1.92 bits per heavy atom. The van der Waals surface area contributed by atoms with Gasteiger partial charge in [-0.2, -0.15) is 0 Å². The first kappa shape index (κ1) is 16.7. The van der Waals surface area contributed by atoms with Gasteiger partial charge in [-0.05, 0) is 36.4 Å². The van der Waals surface area contributed by atoms with Crippen LogP contribution in [0.4, 0.5) is 0 Å². The third-order valence-corrected chi connectivity index (χ3v) is 4.26. The van der Waals surface area contributed by atoms with Crippen LogP contribution in [0.1, 0.15) is 16.1 Å². The average molecular weight is 406 g/mol. The zero-order valence-corrected chi connectivity index (χ0v) is 15.2. The van der Waals surface area contributed by atoms with Crippen LogP contribution in [0.3, 0.4) is 0 Å². The SMILES string of the molecule is CN(Cc1ccc(-c2ccc(Br)cc2)o1)C(=O)c1ccc(Cl)nc1. The molecule has 0 saturated carbocycles. The van der Waals surface area contributed by atoms with Gasteiger partial charge >= 0.3 is 0 Å². The molecular formula is C18H14BrClN2O2. The fourth-order valence-corrected chi connectivity index (χ4v) is 2.64. The van der Waals surface area contributed by atoms with Crippen molar-refractivity contribution in [2.45, 2.75) is 6.54 Å². The minimum absolute atomic E-state index is 0.138. The lowest BCUT2D eigenvalue weighted by molar-refractivity contribution is 0.0775. The molecule has 1 amide bonds. The van der Waals surface area contributed by atoms with Crippen LogP contribution < -0.4 is 0 Å². The molecule has 122 valence electrons. The third-order valence-electron chi connectivity index (χ3n) is 3.50. The molecule has 2 aromatic heterocycles. The number of benzene rings is 1. The minimum atomic E-state index is -0.138. The summed E-state index contributed by atoms with van der Waals surface area (Å²) in [5.41, 5.74) is 1.47. The monoisotopic (exact) mass is 404 g/mol. The van der Waals surface area contributed by atoms with Gasteiger partial charge < -0.3 is 9.32 Å².